The maximum absolute atomic E-state index is 6.25. The van der Waals surface area contributed by atoms with E-state index in [-0.39, 0.29) is 0 Å². The second-order valence-corrected chi connectivity index (χ2v) is 6.34. The molecule has 0 bridgehead atoms. The molecule has 132 valence electrons. The number of fused-ring (bicyclic) bond motifs is 1. The molecule has 0 unspecified atom stereocenters. The second-order valence-electron chi connectivity index (χ2n) is 6.34. The van der Waals surface area contributed by atoms with E-state index in [1.165, 1.54) is 16.3 Å². The number of anilines is 1. The molecule has 0 saturated carbocycles. The topological polar surface area (TPSA) is 70.6 Å². The zero-order chi connectivity index (χ0) is 17.8. The summed E-state index contributed by atoms with van der Waals surface area (Å²) in [6.07, 6.45) is 3.55. The summed E-state index contributed by atoms with van der Waals surface area (Å²) >= 11 is 0. The lowest BCUT2D eigenvalue weighted by Crippen LogP contribution is -2.51. The van der Waals surface area contributed by atoms with E-state index in [4.69, 9.17) is 5.73 Å². The highest BCUT2D eigenvalue weighted by atomic mass is 15.3. The minimum atomic E-state index is 0.592. The number of nitrogens with two attached hydrogens (primary N) is 1. The number of benzene rings is 2. The highest BCUT2D eigenvalue weighted by Gasteiger charge is 2.19. The zero-order valence-electron chi connectivity index (χ0n) is 14.6. The van der Waals surface area contributed by atoms with E-state index in [0.717, 1.165) is 32.1 Å². The summed E-state index contributed by atoms with van der Waals surface area (Å²) in [7, 11) is 0. The summed E-state index contributed by atoms with van der Waals surface area (Å²) in [4.78, 5) is 17.6. The fourth-order valence-corrected chi connectivity index (χ4v) is 3.29. The maximum Gasteiger partial charge on any atom is 0.225 e. The van der Waals surface area contributed by atoms with Gasteiger partial charge in [0, 0.05) is 38.6 Å². The lowest BCUT2D eigenvalue weighted by Gasteiger charge is -2.35. The van der Waals surface area contributed by atoms with E-state index in [9.17, 15) is 0 Å². The molecule has 1 fully saturated rings. The monoisotopic (exact) mass is 346 g/mol. The normalized spacial score (nSPS) is 15.5. The van der Waals surface area contributed by atoms with Crippen molar-refractivity contribution in [2.45, 2.75) is 6.54 Å². The van der Waals surface area contributed by atoms with E-state index in [1.807, 2.05) is 6.07 Å². The van der Waals surface area contributed by atoms with Gasteiger partial charge in [0.25, 0.3) is 0 Å². The molecule has 2 N–H and O–H groups in total. The Morgan fingerprint density at radius 1 is 0.923 bits per heavy atom. The van der Waals surface area contributed by atoms with Crippen molar-refractivity contribution in [3.63, 3.8) is 0 Å². The third-order valence-electron chi connectivity index (χ3n) is 4.73. The van der Waals surface area contributed by atoms with Crippen molar-refractivity contribution >= 4 is 22.7 Å². The van der Waals surface area contributed by atoms with Crippen LogP contribution in [0.4, 0.5) is 5.95 Å². The Labute approximate surface area is 153 Å². The number of nitrogens with zero attached hydrogens (tertiary/aromatic N) is 5. The Hall–Kier alpha value is -3.15. The summed E-state index contributed by atoms with van der Waals surface area (Å²) in [6.45, 7) is 3.92. The van der Waals surface area contributed by atoms with E-state index >= 15 is 0 Å². The molecule has 26 heavy (non-hydrogen) atoms. The van der Waals surface area contributed by atoms with Gasteiger partial charge >= 0.3 is 0 Å². The number of aliphatic imine (C=N–C) groups is 1. The Bertz CT molecular complexity index is 895. The number of guanidine groups is 1. The number of piperazine rings is 1. The van der Waals surface area contributed by atoms with Crippen molar-refractivity contribution in [2.75, 3.05) is 31.1 Å². The van der Waals surface area contributed by atoms with Crippen LogP contribution in [-0.2, 0) is 6.54 Å². The van der Waals surface area contributed by atoms with Crippen LogP contribution in [0.25, 0.3) is 10.8 Å². The Kier molecular flexibility index (Phi) is 4.64. The minimum absolute atomic E-state index is 0.592. The van der Waals surface area contributed by atoms with Gasteiger partial charge in [-0.1, -0.05) is 42.5 Å². The molecule has 4 rings (SSSR count). The van der Waals surface area contributed by atoms with E-state index in [2.05, 4.69) is 67.2 Å². The average molecular weight is 346 g/mol. The number of aromatic nitrogens is 2. The second kappa shape index (κ2) is 7.39. The summed E-state index contributed by atoms with van der Waals surface area (Å²) in [5.74, 6) is 1.38. The van der Waals surface area contributed by atoms with Gasteiger partial charge in [-0.05, 0) is 22.4 Å². The Balaban J connectivity index is 1.41. The molecule has 0 radical (unpaired) electrons. The third kappa shape index (κ3) is 3.44. The molecular weight excluding hydrogens is 324 g/mol. The van der Waals surface area contributed by atoms with E-state index in [1.54, 1.807) is 12.4 Å². The van der Waals surface area contributed by atoms with Crippen molar-refractivity contribution in [1.82, 2.24) is 14.9 Å². The summed E-state index contributed by atoms with van der Waals surface area (Å²) in [5.41, 5.74) is 7.45. The number of hydrogen-bond donors (Lipinski definition) is 1. The summed E-state index contributed by atoms with van der Waals surface area (Å²) in [5, 5.41) is 2.47. The first-order chi connectivity index (χ1) is 12.8. The summed E-state index contributed by atoms with van der Waals surface area (Å²) < 4.78 is 0. The van der Waals surface area contributed by atoms with Crippen LogP contribution < -0.4 is 10.6 Å². The molecule has 6 heteroatoms. The molecule has 1 aromatic heterocycles. The van der Waals surface area contributed by atoms with E-state index in [0.29, 0.717) is 12.5 Å². The molecule has 2 aromatic carbocycles. The van der Waals surface area contributed by atoms with Crippen molar-refractivity contribution in [1.29, 1.82) is 0 Å². The van der Waals surface area contributed by atoms with Crippen molar-refractivity contribution in [3.8, 4) is 0 Å². The van der Waals surface area contributed by atoms with Gasteiger partial charge < -0.3 is 15.5 Å². The van der Waals surface area contributed by atoms with E-state index < -0.39 is 0 Å². The smallest absolute Gasteiger partial charge is 0.225 e. The zero-order valence-corrected chi connectivity index (χ0v) is 14.6. The van der Waals surface area contributed by atoms with Crippen LogP contribution in [0.2, 0.25) is 0 Å². The molecule has 1 aliphatic heterocycles. The number of rotatable bonds is 3. The van der Waals surface area contributed by atoms with Crippen LogP contribution >= 0.6 is 0 Å². The van der Waals surface area contributed by atoms with Crippen molar-refractivity contribution in [2.24, 2.45) is 10.7 Å². The number of hydrogen-bond acceptors (Lipinski definition) is 4. The first-order valence-electron chi connectivity index (χ1n) is 8.85. The molecule has 0 spiro atoms. The van der Waals surface area contributed by atoms with Crippen LogP contribution in [0.3, 0.4) is 0 Å². The highest BCUT2D eigenvalue weighted by Crippen LogP contribution is 2.19. The van der Waals surface area contributed by atoms with Crippen LogP contribution in [0.5, 0.6) is 0 Å². The van der Waals surface area contributed by atoms with Crippen LogP contribution in [-0.4, -0.2) is 47.0 Å². The average Bonchev–Trinajstić information content (AvgIpc) is 2.73. The van der Waals surface area contributed by atoms with Gasteiger partial charge in [-0.15, -0.1) is 0 Å². The molecule has 3 aromatic rings. The van der Waals surface area contributed by atoms with Crippen LogP contribution in [0, 0.1) is 0 Å². The first kappa shape index (κ1) is 16.3. The lowest BCUT2D eigenvalue weighted by atomic mass is 10.1. The van der Waals surface area contributed by atoms with Crippen LogP contribution in [0.15, 0.2) is 65.9 Å². The minimum Gasteiger partial charge on any atom is -0.370 e. The molecule has 6 nitrogen and oxygen atoms in total. The van der Waals surface area contributed by atoms with Crippen molar-refractivity contribution in [3.05, 3.63) is 66.5 Å². The van der Waals surface area contributed by atoms with Gasteiger partial charge in [-0.25, -0.2) is 15.0 Å². The van der Waals surface area contributed by atoms with Gasteiger partial charge in [0.05, 0.1) is 6.54 Å². The summed E-state index contributed by atoms with van der Waals surface area (Å²) in [6, 6.07) is 16.5. The van der Waals surface area contributed by atoms with Gasteiger partial charge in [0.2, 0.25) is 5.95 Å². The largest absolute Gasteiger partial charge is 0.370 e. The molecule has 0 amide bonds. The van der Waals surface area contributed by atoms with Gasteiger partial charge in [-0.3, -0.25) is 0 Å². The van der Waals surface area contributed by atoms with Gasteiger partial charge in [0.15, 0.2) is 5.96 Å². The maximum atomic E-state index is 6.25. The SMILES string of the molecule is NC(=NCc1cccc2ccccc12)N1CCN(c2ncccn2)CC1. The quantitative estimate of drug-likeness (QED) is 0.582. The molecular formula is C20H22N6. The molecule has 0 aliphatic carbocycles. The molecule has 2 heterocycles. The third-order valence-corrected chi connectivity index (χ3v) is 4.73. The molecule has 1 saturated heterocycles. The first-order valence-corrected chi connectivity index (χ1v) is 8.85. The Morgan fingerprint density at radius 2 is 1.65 bits per heavy atom. The predicted molar refractivity (Wildman–Crippen MR) is 105 cm³/mol. The van der Waals surface area contributed by atoms with Gasteiger partial charge in [0.1, 0.15) is 0 Å². The predicted octanol–water partition coefficient (Wildman–Crippen LogP) is 2.27. The fraction of sp³-hybridized carbons (Fsp3) is 0.250. The Morgan fingerprint density at radius 3 is 2.46 bits per heavy atom. The van der Waals surface area contributed by atoms with Gasteiger partial charge in [-0.2, -0.15) is 0 Å². The standard InChI is InChI=1S/C20H22N6/c21-19(24-15-17-7-3-6-16-5-1-2-8-18(16)17)25-11-13-26(14-12-25)20-22-9-4-10-23-20/h1-10H,11-15H2,(H2,21,24). The lowest BCUT2D eigenvalue weighted by molar-refractivity contribution is 0.378. The van der Waals surface area contributed by atoms with Crippen molar-refractivity contribution < 1.29 is 0 Å². The van der Waals surface area contributed by atoms with Crippen LogP contribution in [0.1, 0.15) is 5.56 Å². The highest BCUT2D eigenvalue weighted by molar-refractivity contribution is 5.86. The molecule has 0 atom stereocenters. The fourth-order valence-electron chi connectivity index (χ4n) is 3.29. The molecule has 1 aliphatic rings.